The van der Waals surface area contributed by atoms with Gasteiger partial charge in [0.1, 0.15) is 0 Å². The van der Waals surface area contributed by atoms with Gasteiger partial charge in [-0.05, 0) is 61.5 Å². The molecule has 0 unspecified atom stereocenters. The smallest absolute Gasteiger partial charge is 0.269 e. The Kier molecular flexibility index (Phi) is 5.59. The molecule has 1 N–H and O–H groups in total. The maximum atomic E-state index is 11.1. The maximum absolute atomic E-state index is 11.1. The number of pyridine rings is 1. The number of ether oxygens (including phenoxy) is 1. The number of aromatic nitrogens is 2. The fourth-order valence-electron chi connectivity index (χ4n) is 4.54. The Morgan fingerprint density at radius 2 is 2.03 bits per heavy atom. The van der Waals surface area contributed by atoms with Gasteiger partial charge in [-0.2, -0.15) is 0 Å². The lowest BCUT2D eigenvalue weighted by atomic mass is 10.0. The first-order valence-electron chi connectivity index (χ1n) is 10.6. The molecule has 164 valence electrons. The van der Waals surface area contributed by atoms with E-state index in [4.69, 9.17) is 17.0 Å². The van der Waals surface area contributed by atoms with Crippen LogP contribution in [0.3, 0.4) is 0 Å². The van der Waals surface area contributed by atoms with Gasteiger partial charge in [-0.15, -0.1) is 0 Å². The minimum Gasteiger partial charge on any atom is -0.376 e. The van der Waals surface area contributed by atoms with Crippen LogP contribution in [0.2, 0.25) is 0 Å². The average molecular weight is 450 g/mol. The predicted molar refractivity (Wildman–Crippen MR) is 124 cm³/mol. The van der Waals surface area contributed by atoms with E-state index in [1.54, 1.807) is 18.3 Å². The highest BCUT2D eigenvalue weighted by Crippen LogP contribution is 2.40. The lowest BCUT2D eigenvalue weighted by Crippen LogP contribution is -2.36. The summed E-state index contributed by atoms with van der Waals surface area (Å²) >= 11 is 5.76. The van der Waals surface area contributed by atoms with Gasteiger partial charge in [-0.25, -0.2) is 0 Å². The summed E-state index contributed by atoms with van der Waals surface area (Å²) in [6.45, 7) is 1.48. The molecular weight excluding hydrogens is 426 g/mol. The highest BCUT2D eigenvalue weighted by molar-refractivity contribution is 7.80. The topological polar surface area (TPSA) is 85.5 Å². The van der Waals surface area contributed by atoms with Gasteiger partial charge in [0, 0.05) is 49.1 Å². The standard InChI is InChI=1S/C23H23N5O3S/c29-28(30)17-10-8-16(9-11-17)26-13-3-7-20(26)22-21(19-6-1-2-12-24-19)25-23(32)27(22)15-18-5-4-14-31-18/h1-3,6-13,18,21-22H,4-5,14-15H2,(H,25,32)/t18-,21+,22-/m0/s1. The van der Waals surface area contributed by atoms with Gasteiger partial charge < -0.3 is 19.5 Å². The molecule has 2 saturated heterocycles. The van der Waals surface area contributed by atoms with Crippen LogP contribution in [-0.2, 0) is 4.74 Å². The first-order chi connectivity index (χ1) is 15.6. The molecule has 2 fully saturated rings. The summed E-state index contributed by atoms with van der Waals surface area (Å²) < 4.78 is 7.96. The van der Waals surface area contributed by atoms with Crippen molar-refractivity contribution in [2.75, 3.05) is 13.2 Å². The molecule has 8 nitrogen and oxygen atoms in total. The van der Waals surface area contributed by atoms with Crippen molar-refractivity contribution < 1.29 is 9.66 Å². The van der Waals surface area contributed by atoms with Gasteiger partial charge in [-0.3, -0.25) is 15.1 Å². The largest absolute Gasteiger partial charge is 0.376 e. The molecular formula is C23H23N5O3S. The second-order valence-electron chi connectivity index (χ2n) is 7.99. The van der Waals surface area contributed by atoms with E-state index in [-0.39, 0.29) is 28.8 Å². The number of hydrogen-bond acceptors (Lipinski definition) is 5. The molecule has 32 heavy (non-hydrogen) atoms. The summed E-state index contributed by atoms with van der Waals surface area (Å²) in [5.41, 5.74) is 2.86. The van der Waals surface area contributed by atoms with E-state index in [1.807, 2.05) is 30.5 Å². The summed E-state index contributed by atoms with van der Waals surface area (Å²) in [5.74, 6) is 0. The van der Waals surface area contributed by atoms with E-state index >= 15 is 0 Å². The molecule has 0 radical (unpaired) electrons. The first-order valence-corrected chi connectivity index (χ1v) is 11.0. The van der Waals surface area contributed by atoms with Gasteiger partial charge >= 0.3 is 0 Å². The zero-order valence-electron chi connectivity index (χ0n) is 17.3. The molecule has 0 bridgehead atoms. The molecule has 3 atom stereocenters. The van der Waals surface area contributed by atoms with Gasteiger partial charge in [0.2, 0.25) is 0 Å². The van der Waals surface area contributed by atoms with E-state index in [0.29, 0.717) is 11.7 Å². The average Bonchev–Trinajstić information content (AvgIpc) is 3.56. The lowest BCUT2D eigenvalue weighted by molar-refractivity contribution is -0.384. The maximum Gasteiger partial charge on any atom is 0.269 e. The van der Waals surface area contributed by atoms with Crippen molar-refractivity contribution in [3.63, 3.8) is 0 Å². The lowest BCUT2D eigenvalue weighted by Gasteiger charge is -2.30. The van der Waals surface area contributed by atoms with E-state index in [9.17, 15) is 10.1 Å². The van der Waals surface area contributed by atoms with Crippen molar-refractivity contribution in [1.82, 2.24) is 19.8 Å². The summed E-state index contributed by atoms with van der Waals surface area (Å²) in [6, 6.07) is 16.3. The van der Waals surface area contributed by atoms with Gasteiger partial charge in [-0.1, -0.05) is 6.07 Å². The van der Waals surface area contributed by atoms with E-state index in [2.05, 4.69) is 25.8 Å². The van der Waals surface area contributed by atoms with Crippen LogP contribution in [0.15, 0.2) is 67.0 Å². The fourth-order valence-corrected chi connectivity index (χ4v) is 4.85. The highest BCUT2D eigenvalue weighted by Gasteiger charge is 2.42. The van der Waals surface area contributed by atoms with Crippen LogP contribution < -0.4 is 5.32 Å². The summed E-state index contributed by atoms with van der Waals surface area (Å²) in [6.07, 6.45) is 5.98. The van der Waals surface area contributed by atoms with Crippen molar-refractivity contribution in [3.05, 3.63) is 88.5 Å². The Bertz CT molecular complexity index is 1110. The van der Waals surface area contributed by atoms with Crippen molar-refractivity contribution >= 4 is 23.0 Å². The third-order valence-corrected chi connectivity index (χ3v) is 6.40. The second kappa shape index (κ2) is 8.68. The molecule has 9 heteroatoms. The quantitative estimate of drug-likeness (QED) is 0.347. The number of nitrogens with one attached hydrogen (secondary N) is 1. The number of benzene rings is 1. The second-order valence-corrected chi connectivity index (χ2v) is 8.38. The van der Waals surface area contributed by atoms with Gasteiger partial charge in [0.05, 0.1) is 28.8 Å². The zero-order chi connectivity index (χ0) is 22.1. The summed E-state index contributed by atoms with van der Waals surface area (Å²) in [4.78, 5) is 17.5. The molecule has 0 saturated carbocycles. The van der Waals surface area contributed by atoms with Crippen LogP contribution in [0, 0.1) is 10.1 Å². The van der Waals surface area contributed by atoms with Crippen molar-refractivity contribution in [2.45, 2.75) is 31.0 Å². The van der Waals surface area contributed by atoms with Crippen LogP contribution in [-0.4, -0.2) is 43.7 Å². The molecule has 5 rings (SSSR count). The summed E-state index contributed by atoms with van der Waals surface area (Å²) in [7, 11) is 0. The monoisotopic (exact) mass is 449 g/mol. The highest BCUT2D eigenvalue weighted by atomic mass is 32.1. The zero-order valence-corrected chi connectivity index (χ0v) is 18.1. The van der Waals surface area contributed by atoms with Gasteiger partial charge in [0.25, 0.3) is 5.69 Å². The minimum absolute atomic E-state index is 0.0672. The summed E-state index contributed by atoms with van der Waals surface area (Å²) in [5, 5.41) is 15.2. The molecule has 2 aliphatic heterocycles. The normalized spacial score (nSPS) is 22.8. The SMILES string of the molecule is O=[N+]([O-])c1ccc(-n2cccc2[C@H]2[C@@H](c3ccccn3)NC(=S)N2C[C@@H]2CCCO2)cc1. The number of nitro groups is 1. The fraction of sp³-hybridized carbons (Fsp3) is 0.304. The minimum atomic E-state index is -0.389. The van der Waals surface area contributed by atoms with Crippen molar-refractivity contribution in [3.8, 4) is 5.69 Å². The molecule has 0 amide bonds. The van der Waals surface area contributed by atoms with E-state index in [0.717, 1.165) is 36.5 Å². The number of hydrogen-bond donors (Lipinski definition) is 1. The third kappa shape index (κ3) is 3.85. The molecule has 1 aromatic carbocycles. The van der Waals surface area contributed by atoms with E-state index < -0.39 is 0 Å². The molecule has 4 heterocycles. The number of non-ortho nitro benzene ring substituents is 1. The Morgan fingerprint density at radius 3 is 2.72 bits per heavy atom. The third-order valence-electron chi connectivity index (χ3n) is 6.04. The van der Waals surface area contributed by atoms with Crippen LogP contribution in [0.1, 0.15) is 36.3 Å². The number of thiocarbonyl (C=S) groups is 1. The molecule has 0 aliphatic carbocycles. The molecule has 2 aliphatic rings. The van der Waals surface area contributed by atoms with Gasteiger partial charge in [0.15, 0.2) is 5.11 Å². The van der Waals surface area contributed by atoms with Crippen molar-refractivity contribution in [2.24, 2.45) is 0 Å². The van der Waals surface area contributed by atoms with Crippen LogP contribution in [0.5, 0.6) is 0 Å². The molecule has 0 spiro atoms. The van der Waals surface area contributed by atoms with Crippen molar-refractivity contribution in [1.29, 1.82) is 0 Å². The number of rotatable bonds is 6. The predicted octanol–water partition coefficient (Wildman–Crippen LogP) is 3.93. The number of nitro benzene ring substituents is 1. The molecule has 3 aromatic rings. The molecule has 2 aromatic heterocycles. The Labute approximate surface area is 191 Å². The van der Waals surface area contributed by atoms with Crippen LogP contribution in [0.4, 0.5) is 5.69 Å². The van der Waals surface area contributed by atoms with Crippen LogP contribution >= 0.6 is 12.2 Å². The van der Waals surface area contributed by atoms with Crippen LogP contribution in [0.25, 0.3) is 5.69 Å². The number of nitrogens with zero attached hydrogens (tertiary/aromatic N) is 4. The Balaban J connectivity index is 1.55. The Hall–Kier alpha value is -3.30. The van der Waals surface area contributed by atoms with E-state index in [1.165, 1.54) is 12.1 Å². The Morgan fingerprint density at radius 1 is 1.19 bits per heavy atom. The first kappa shape index (κ1) is 20.6.